The minimum atomic E-state index is -4.55. The van der Waals surface area contributed by atoms with Crippen molar-refractivity contribution in [3.05, 3.63) is 39.9 Å². The van der Waals surface area contributed by atoms with E-state index < -0.39 is 17.7 Å². The highest BCUT2D eigenvalue weighted by molar-refractivity contribution is 6.30. The second kappa shape index (κ2) is 4.79. The summed E-state index contributed by atoms with van der Waals surface area (Å²) in [5, 5.41) is 8.74. The van der Waals surface area contributed by atoms with E-state index in [4.69, 9.17) is 16.7 Å². The molecule has 0 fully saturated rings. The number of rotatable bonds is 2. The molecule has 0 aliphatic carbocycles. The average Bonchev–Trinajstić information content (AvgIpc) is 2.15. The highest BCUT2D eigenvalue weighted by Gasteiger charge is 2.32. The standard InChI is InChI=1S/C11H8ClF3O2/c1-6(10(16)17)4-7-5-8(12)2-3-9(7)11(13,14)15/h2-5H,1H3,(H,16,17)/b6-4+. The first-order chi connectivity index (χ1) is 7.71. The van der Waals surface area contributed by atoms with Gasteiger partial charge in [-0.15, -0.1) is 0 Å². The van der Waals surface area contributed by atoms with Gasteiger partial charge in [-0.25, -0.2) is 4.79 Å². The van der Waals surface area contributed by atoms with Crippen LogP contribution in [0.3, 0.4) is 0 Å². The van der Waals surface area contributed by atoms with Gasteiger partial charge in [-0.1, -0.05) is 11.6 Å². The summed E-state index contributed by atoms with van der Waals surface area (Å²) < 4.78 is 37.8. The maximum absolute atomic E-state index is 12.6. The topological polar surface area (TPSA) is 37.3 Å². The maximum Gasteiger partial charge on any atom is 0.416 e. The molecule has 2 nitrogen and oxygen atoms in total. The molecule has 6 heteroatoms. The zero-order chi connectivity index (χ0) is 13.2. The Hall–Kier alpha value is -1.49. The van der Waals surface area contributed by atoms with Crippen molar-refractivity contribution in [1.82, 2.24) is 0 Å². The summed E-state index contributed by atoms with van der Waals surface area (Å²) >= 11 is 5.59. The van der Waals surface area contributed by atoms with Gasteiger partial charge >= 0.3 is 12.1 Å². The maximum atomic E-state index is 12.6. The summed E-state index contributed by atoms with van der Waals surface area (Å²) in [7, 11) is 0. The van der Waals surface area contributed by atoms with Crippen molar-refractivity contribution < 1.29 is 23.1 Å². The van der Waals surface area contributed by atoms with Gasteiger partial charge in [-0.3, -0.25) is 0 Å². The first kappa shape index (κ1) is 13.6. The predicted molar refractivity (Wildman–Crippen MR) is 57.7 cm³/mol. The highest BCUT2D eigenvalue weighted by atomic mass is 35.5. The van der Waals surface area contributed by atoms with Crippen LogP contribution in [0.2, 0.25) is 5.02 Å². The van der Waals surface area contributed by atoms with E-state index in [2.05, 4.69) is 0 Å². The molecule has 0 radical (unpaired) electrons. The number of carboxylic acid groups (broad SMARTS) is 1. The lowest BCUT2D eigenvalue weighted by Crippen LogP contribution is -2.07. The van der Waals surface area contributed by atoms with E-state index in [-0.39, 0.29) is 16.2 Å². The first-order valence-electron chi connectivity index (χ1n) is 4.50. The fraction of sp³-hybridized carbons (Fsp3) is 0.182. The van der Waals surface area contributed by atoms with E-state index >= 15 is 0 Å². The third kappa shape index (κ3) is 3.49. The second-order valence-electron chi connectivity index (χ2n) is 3.36. The monoisotopic (exact) mass is 264 g/mol. The molecule has 0 aromatic heterocycles. The van der Waals surface area contributed by atoms with E-state index in [9.17, 15) is 18.0 Å². The summed E-state index contributed by atoms with van der Waals surface area (Å²) in [6.07, 6.45) is -3.60. The molecule has 0 spiro atoms. The molecule has 1 aromatic carbocycles. The molecule has 0 unspecified atom stereocenters. The zero-order valence-electron chi connectivity index (χ0n) is 8.68. The van der Waals surface area contributed by atoms with Crippen LogP contribution in [0.4, 0.5) is 13.2 Å². The number of halogens is 4. The van der Waals surface area contributed by atoms with Crippen LogP contribution in [-0.4, -0.2) is 11.1 Å². The smallest absolute Gasteiger partial charge is 0.416 e. The number of hydrogen-bond acceptors (Lipinski definition) is 1. The van der Waals surface area contributed by atoms with Crippen molar-refractivity contribution in [3.63, 3.8) is 0 Å². The fourth-order valence-electron chi connectivity index (χ4n) is 1.21. The normalized spacial score (nSPS) is 12.6. The summed E-state index contributed by atoms with van der Waals surface area (Å²) in [5.41, 5.74) is -1.37. The van der Waals surface area contributed by atoms with Crippen molar-refractivity contribution in [1.29, 1.82) is 0 Å². The lowest BCUT2D eigenvalue weighted by molar-refractivity contribution is -0.138. The number of aliphatic carboxylic acids is 1. The number of carboxylic acids is 1. The Labute approximate surface area is 100 Å². The third-order valence-corrected chi connectivity index (χ3v) is 2.26. The van der Waals surface area contributed by atoms with Gasteiger partial charge in [-0.2, -0.15) is 13.2 Å². The molecule has 0 saturated carbocycles. The quantitative estimate of drug-likeness (QED) is 0.824. The number of carbonyl (C=O) groups is 1. The molecule has 92 valence electrons. The lowest BCUT2D eigenvalue weighted by atomic mass is 10.0. The van der Waals surface area contributed by atoms with Crippen LogP contribution in [0, 0.1) is 0 Å². The van der Waals surface area contributed by atoms with Gasteiger partial charge in [0, 0.05) is 10.6 Å². The van der Waals surface area contributed by atoms with E-state index in [0.717, 1.165) is 24.3 Å². The van der Waals surface area contributed by atoms with Gasteiger partial charge in [0.15, 0.2) is 0 Å². The van der Waals surface area contributed by atoms with Gasteiger partial charge in [0.1, 0.15) is 0 Å². The molecule has 0 heterocycles. The molecule has 0 saturated heterocycles. The van der Waals surface area contributed by atoms with Gasteiger partial charge in [0.2, 0.25) is 0 Å². The third-order valence-electron chi connectivity index (χ3n) is 2.03. The molecule has 0 amide bonds. The van der Waals surface area contributed by atoms with Crippen molar-refractivity contribution in [3.8, 4) is 0 Å². The van der Waals surface area contributed by atoms with E-state index in [1.165, 1.54) is 6.92 Å². The molecular formula is C11H8ClF3O2. The van der Waals surface area contributed by atoms with Gasteiger partial charge in [0.25, 0.3) is 0 Å². The minimum absolute atomic E-state index is 0.113. The van der Waals surface area contributed by atoms with E-state index in [1.807, 2.05) is 0 Å². The number of benzene rings is 1. The van der Waals surface area contributed by atoms with Gasteiger partial charge < -0.3 is 5.11 Å². The van der Waals surface area contributed by atoms with Crippen LogP contribution < -0.4 is 0 Å². The SMILES string of the molecule is C/C(=C\c1cc(Cl)ccc1C(F)(F)F)C(=O)O. The van der Waals surface area contributed by atoms with Crippen molar-refractivity contribution in [2.75, 3.05) is 0 Å². The van der Waals surface area contributed by atoms with Gasteiger partial charge in [0.05, 0.1) is 5.56 Å². The first-order valence-corrected chi connectivity index (χ1v) is 4.88. The van der Waals surface area contributed by atoms with Crippen LogP contribution in [-0.2, 0) is 11.0 Å². The van der Waals surface area contributed by atoms with E-state index in [0.29, 0.717) is 0 Å². The molecular weight excluding hydrogens is 257 g/mol. The molecule has 0 aliphatic heterocycles. The molecule has 0 bridgehead atoms. The second-order valence-corrected chi connectivity index (χ2v) is 3.80. The Kier molecular flexibility index (Phi) is 3.83. The van der Waals surface area contributed by atoms with Crippen LogP contribution in [0.15, 0.2) is 23.8 Å². The van der Waals surface area contributed by atoms with Crippen LogP contribution >= 0.6 is 11.6 Å². The summed E-state index contributed by atoms with van der Waals surface area (Å²) in [5.74, 6) is -1.28. The lowest BCUT2D eigenvalue weighted by Gasteiger charge is -2.10. The largest absolute Gasteiger partial charge is 0.478 e. The minimum Gasteiger partial charge on any atom is -0.478 e. The number of hydrogen-bond donors (Lipinski definition) is 1. The number of alkyl halides is 3. The Morgan fingerprint density at radius 3 is 2.47 bits per heavy atom. The summed E-state index contributed by atoms with van der Waals surface area (Å²) in [6.45, 7) is 1.21. The summed E-state index contributed by atoms with van der Waals surface area (Å²) in [4.78, 5) is 10.6. The van der Waals surface area contributed by atoms with E-state index in [1.54, 1.807) is 0 Å². The van der Waals surface area contributed by atoms with Gasteiger partial charge in [-0.05, 0) is 36.8 Å². The molecule has 1 rings (SSSR count). The molecule has 1 N–H and O–H groups in total. The van der Waals surface area contributed by atoms with Crippen LogP contribution in [0.1, 0.15) is 18.1 Å². The fourth-order valence-corrected chi connectivity index (χ4v) is 1.39. The van der Waals surface area contributed by atoms with Crippen molar-refractivity contribution in [2.24, 2.45) is 0 Å². The van der Waals surface area contributed by atoms with Crippen molar-refractivity contribution >= 4 is 23.6 Å². The molecule has 0 atom stereocenters. The van der Waals surface area contributed by atoms with Crippen LogP contribution in [0.5, 0.6) is 0 Å². The molecule has 0 aliphatic rings. The van der Waals surface area contributed by atoms with Crippen molar-refractivity contribution in [2.45, 2.75) is 13.1 Å². The van der Waals surface area contributed by atoms with Crippen LogP contribution in [0.25, 0.3) is 6.08 Å². The highest BCUT2D eigenvalue weighted by Crippen LogP contribution is 2.34. The Bertz CT molecular complexity index is 478. The molecule has 17 heavy (non-hydrogen) atoms. The summed E-state index contributed by atoms with van der Waals surface area (Å²) in [6, 6.07) is 3.01. The average molecular weight is 265 g/mol. The predicted octanol–water partition coefficient (Wildman–Crippen LogP) is 3.85. The Balaban J connectivity index is 3.36. The molecule has 1 aromatic rings. The zero-order valence-corrected chi connectivity index (χ0v) is 9.43. The Morgan fingerprint density at radius 1 is 1.41 bits per heavy atom. The Morgan fingerprint density at radius 2 is 2.00 bits per heavy atom.